The third kappa shape index (κ3) is 5.87. The van der Waals surface area contributed by atoms with Crippen molar-refractivity contribution >= 4 is 28.2 Å². The summed E-state index contributed by atoms with van der Waals surface area (Å²) in [5.74, 6) is -1.27. The highest BCUT2D eigenvalue weighted by atomic mass is 79.9. The van der Waals surface area contributed by atoms with Gasteiger partial charge in [-0.25, -0.2) is 4.79 Å². The topological polar surface area (TPSA) is 89.5 Å². The van der Waals surface area contributed by atoms with Crippen LogP contribution in [-0.2, 0) is 33.2 Å². The van der Waals surface area contributed by atoms with Crippen LogP contribution in [0.4, 0.5) is 0 Å². The lowest BCUT2D eigenvalue weighted by Crippen LogP contribution is -2.50. The van der Waals surface area contributed by atoms with Crippen LogP contribution in [0.5, 0.6) is 0 Å². The fraction of sp³-hybridized carbons (Fsp3) is 0.643. The summed E-state index contributed by atoms with van der Waals surface area (Å²) in [5, 5.41) is 0. The molecule has 0 radical (unpaired) electrons. The van der Waals surface area contributed by atoms with Gasteiger partial charge in [0.2, 0.25) is 0 Å². The molecule has 5 fully saturated rings. The summed E-state index contributed by atoms with van der Waals surface area (Å²) in [5.41, 5.74) is 0.505. The zero-order valence-corrected chi connectivity index (χ0v) is 22.7. The Morgan fingerprint density at radius 2 is 1.95 bits per heavy atom. The van der Waals surface area contributed by atoms with E-state index in [2.05, 4.69) is 22.5 Å². The van der Waals surface area contributed by atoms with Gasteiger partial charge < -0.3 is 33.2 Å². The van der Waals surface area contributed by atoms with Crippen LogP contribution in [0, 0.1) is 0 Å². The first-order valence-corrected chi connectivity index (χ1v) is 13.9. The number of halogens is 1. The first-order chi connectivity index (χ1) is 17.9. The molecule has 5 aliphatic rings. The van der Waals surface area contributed by atoms with E-state index in [-0.39, 0.29) is 48.7 Å². The van der Waals surface area contributed by atoms with E-state index in [1.165, 1.54) is 0 Å². The molecule has 0 aliphatic carbocycles. The lowest BCUT2D eigenvalue weighted by atomic mass is 9.92. The van der Waals surface area contributed by atoms with Crippen LogP contribution >= 0.6 is 15.9 Å². The summed E-state index contributed by atoms with van der Waals surface area (Å²) in [6.45, 7) is 3.95. The molecule has 6 rings (SSSR count). The van der Waals surface area contributed by atoms with Gasteiger partial charge in [-0.05, 0) is 42.3 Å². The normalized spacial score (nSPS) is 37.2. The van der Waals surface area contributed by atoms with E-state index >= 15 is 0 Å². The van der Waals surface area contributed by atoms with Crippen molar-refractivity contribution in [2.75, 3.05) is 7.11 Å². The van der Waals surface area contributed by atoms with Gasteiger partial charge in [0.05, 0.1) is 23.9 Å². The van der Waals surface area contributed by atoms with Gasteiger partial charge in [-0.3, -0.25) is 0 Å². The summed E-state index contributed by atoms with van der Waals surface area (Å²) in [6, 6.07) is 8.96. The molecule has 9 heteroatoms. The SMILES string of the molecule is C=C(Br)CC(CCC12CC3OC(C(C4CCCC(CC=O)O4)O1)C(OC)C3O2)OC(=O)c1ccccc1. The molecule has 37 heavy (non-hydrogen) atoms. The summed E-state index contributed by atoms with van der Waals surface area (Å²) in [6.07, 6.45) is 3.97. The van der Waals surface area contributed by atoms with Gasteiger partial charge in [0.25, 0.3) is 0 Å². The number of methoxy groups -OCH3 is 1. The van der Waals surface area contributed by atoms with Gasteiger partial charge in [-0.15, -0.1) is 0 Å². The molecule has 9 atom stereocenters. The maximum Gasteiger partial charge on any atom is 0.338 e. The highest BCUT2D eigenvalue weighted by Crippen LogP contribution is 2.51. The molecular formula is C28H35BrO8. The van der Waals surface area contributed by atoms with Crippen molar-refractivity contribution in [1.29, 1.82) is 0 Å². The second-order valence-electron chi connectivity index (χ2n) is 10.4. The van der Waals surface area contributed by atoms with Crippen molar-refractivity contribution in [2.45, 2.75) is 106 Å². The first-order valence-electron chi connectivity index (χ1n) is 13.1. The summed E-state index contributed by atoms with van der Waals surface area (Å²) in [4.78, 5) is 23.9. The Bertz CT molecular complexity index is 972. The molecule has 5 heterocycles. The minimum atomic E-state index is -0.895. The number of aldehydes is 1. The number of fused-ring (bicyclic) bond motifs is 1. The molecule has 4 bridgehead atoms. The van der Waals surface area contributed by atoms with Crippen molar-refractivity contribution in [1.82, 2.24) is 0 Å². The van der Waals surface area contributed by atoms with Crippen LogP contribution in [0.25, 0.3) is 0 Å². The van der Waals surface area contributed by atoms with Crippen LogP contribution < -0.4 is 0 Å². The van der Waals surface area contributed by atoms with Crippen LogP contribution in [0.1, 0.15) is 61.7 Å². The van der Waals surface area contributed by atoms with Crippen LogP contribution in [0.3, 0.4) is 0 Å². The minimum absolute atomic E-state index is 0.111. The van der Waals surface area contributed by atoms with E-state index in [0.29, 0.717) is 37.7 Å². The predicted molar refractivity (Wildman–Crippen MR) is 137 cm³/mol. The van der Waals surface area contributed by atoms with E-state index in [1.807, 2.05) is 18.2 Å². The Hall–Kier alpha value is -1.62. The lowest BCUT2D eigenvalue weighted by Gasteiger charge is -2.39. The van der Waals surface area contributed by atoms with Gasteiger partial charge in [0.1, 0.15) is 36.8 Å². The monoisotopic (exact) mass is 578 g/mol. The molecule has 5 saturated heterocycles. The fourth-order valence-electron chi connectivity index (χ4n) is 6.17. The molecule has 1 aromatic rings. The number of rotatable bonds is 11. The number of carbonyl (C=O) groups excluding carboxylic acids is 2. The van der Waals surface area contributed by atoms with Crippen molar-refractivity contribution in [3.63, 3.8) is 0 Å². The van der Waals surface area contributed by atoms with E-state index < -0.39 is 11.9 Å². The number of ether oxygens (including phenoxy) is 6. The molecule has 0 spiro atoms. The second kappa shape index (κ2) is 11.6. The molecule has 0 N–H and O–H groups in total. The molecule has 5 aliphatic heterocycles. The number of benzene rings is 1. The zero-order valence-electron chi connectivity index (χ0n) is 21.1. The number of esters is 1. The minimum Gasteiger partial charge on any atom is -0.458 e. The Morgan fingerprint density at radius 3 is 2.68 bits per heavy atom. The van der Waals surface area contributed by atoms with Gasteiger partial charge in [-0.1, -0.05) is 40.7 Å². The molecule has 0 amide bonds. The van der Waals surface area contributed by atoms with Gasteiger partial charge in [0.15, 0.2) is 5.79 Å². The maximum atomic E-state index is 12.8. The van der Waals surface area contributed by atoms with E-state index in [0.717, 1.165) is 30.0 Å². The lowest BCUT2D eigenvalue weighted by molar-refractivity contribution is -0.275. The average Bonchev–Trinajstić information content (AvgIpc) is 3.28. The Morgan fingerprint density at radius 1 is 1.16 bits per heavy atom. The molecule has 8 nitrogen and oxygen atoms in total. The fourth-order valence-corrected chi connectivity index (χ4v) is 6.53. The van der Waals surface area contributed by atoms with Crippen molar-refractivity contribution in [2.24, 2.45) is 0 Å². The van der Waals surface area contributed by atoms with E-state index in [4.69, 9.17) is 28.4 Å². The van der Waals surface area contributed by atoms with E-state index in [1.54, 1.807) is 19.2 Å². The van der Waals surface area contributed by atoms with Gasteiger partial charge in [0, 0.05) is 32.8 Å². The van der Waals surface area contributed by atoms with Crippen molar-refractivity contribution in [3.8, 4) is 0 Å². The highest BCUT2D eigenvalue weighted by molar-refractivity contribution is 9.11. The molecule has 1 aromatic carbocycles. The van der Waals surface area contributed by atoms with Crippen LogP contribution in [0.2, 0.25) is 0 Å². The molecule has 9 unspecified atom stereocenters. The standard InChI is InChI=1S/C28H35BrO8/c1-17(29)15-20(34-27(31)18-7-4-3-5-8-18)11-13-28-16-22-24(37-28)25(32-2)26(35-22)23(36-28)21-10-6-9-19(33-21)12-14-30/h3-5,7-8,14,19-26H,1,6,9-13,15-16H2,2H3. The molecular weight excluding hydrogens is 544 g/mol. The van der Waals surface area contributed by atoms with Crippen LogP contribution in [0.15, 0.2) is 41.4 Å². The summed E-state index contributed by atoms with van der Waals surface area (Å²) in [7, 11) is 1.67. The highest BCUT2D eigenvalue weighted by Gasteiger charge is 2.65. The second-order valence-corrected chi connectivity index (χ2v) is 11.5. The van der Waals surface area contributed by atoms with Crippen molar-refractivity contribution < 1.29 is 38.0 Å². The first kappa shape index (κ1) is 27.0. The summed E-state index contributed by atoms with van der Waals surface area (Å²) >= 11 is 3.43. The zero-order chi connectivity index (χ0) is 26.0. The third-order valence-corrected chi connectivity index (χ3v) is 8.17. The third-order valence-electron chi connectivity index (χ3n) is 7.84. The quantitative estimate of drug-likeness (QED) is 0.280. The Kier molecular flexibility index (Phi) is 8.48. The smallest absolute Gasteiger partial charge is 0.338 e. The summed E-state index contributed by atoms with van der Waals surface area (Å²) < 4.78 is 38.6. The number of hydrogen-bond donors (Lipinski definition) is 0. The largest absolute Gasteiger partial charge is 0.458 e. The molecule has 202 valence electrons. The number of carbonyl (C=O) groups is 2. The number of hydrogen-bond acceptors (Lipinski definition) is 8. The molecule has 0 saturated carbocycles. The Labute approximate surface area is 226 Å². The van der Waals surface area contributed by atoms with Crippen molar-refractivity contribution in [3.05, 3.63) is 47.0 Å². The average molecular weight is 579 g/mol. The molecule has 0 aromatic heterocycles. The Balaban J connectivity index is 1.32. The maximum absolute atomic E-state index is 12.8. The van der Waals surface area contributed by atoms with Gasteiger partial charge in [-0.2, -0.15) is 0 Å². The van der Waals surface area contributed by atoms with Crippen LogP contribution in [-0.4, -0.2) is 74.0 Å². The van der Waals surface area contributed by atoms with Gasteiger partial charge >= 0.3 is 5.97 Å². The van der Waals surface area contributed by atoms with E-state index in [9.17, 15) is 9.59 Å². The predicted octanol–water partition coefficient (Wildman–Crippen LogP) is 4.48.